The molecule has 2 atom stereocenters. The number of fused-ring (bicyclic) bond motifs is 1. The van der Waals surface area contributed by atoms with Crippen LogP contribution < -0.4 is 9.47 Å². The molecule has 0 aromatic heterocycles. The summed E-state index contributed by atoms with van der Waals surface area (Å²) in [6.07, 6.45) is 2.67. The Hall–Kier alpha value is -1.75. The lowest BCUT2D eigenvalue weighted by molar-refractivity contribution is -0.157. The van der Waals surface area contributed by atoms with Gasteiger partial charge in [0, 0.05) is 13.0 Å². The van der Waals surface area contributed by atoms with Crippen molar-refractivity contribution in [2.75, 3.05) is 19.9 Å². The van der Waals surface area contributed by atoms with E-state index in [4.69, 9.17) is 14.2 Å². The fourth-order valence-electron chi connectivity index (χ4n) is 3.11. The van der Waals surface area contributed by atoms with Crippen LogP contribution in [0.4, 0.5) is 0 Å². The van der Waals surface area contributed by atoms with Gasteiger partial charge in [-0.3, -0.25) is 4.79 Å². The second-order valence-corrected chi connectivity index (χ2v) is 5.45. The van der Waals surface area contributed by atoms with E-state index in [1.165, 1.54) is 0 Å². The number of nitrogens with zero attached hydrogens (tertiary/aromatic N) is 1. The summed E-state index contributed by atoms with van der Waals surface area (Å²) in [6, 6.07) is 6.10. The van der Waals surface area contributed by atoms with Gasteiger partial charge in [0.15, 0.2) is 11.5 Å². The molecule has 1 aromatic carbocycles. The first-order valence-corrected chi connectivity index (χ1v) is 7.14. The van der Waals surface area contributed by atoms with Crippen LogP contribution in [-0.2, 0) is 9.53 Å². The fourth-order valence-corrected chi connectivity index (χ4v) is 3.11. The van der Waals surface area contributed by atoms with Crippen molar-refractivity contribution in [3.05, 3.63) is 23.8 Å². The largest absolute Gasteiger partial charge is 0.454 e. The summed E-state index contributed by atoms with van der Waals surface area (Å²) in [6.45, 7) is 1.80. The van der Waals surface area contributed by atoms with Crippen LogP contribution in [0.5, 0.6) is 11.5 Å². The number of carbonyl (C=O) groups is 1. The molecule has 2 saturated heterocycles. The molecule has 3 aliphatic heterocycles. The second kappa shape index (κ2) is 4.66. The van der Waals surface area contributed by atoms with Gasteiger partial charge in [-0.15, -0.1) is 0 Å². The van der Waals surface area contributed by atoms with Gasteiger partial charge in [-0.25, -0.2) is 0 Å². The van der Waals surface area contributed by atoms with Crippen LogP contribution in [0.3, 0.4) is 0 Å². The third-order valence-corrected chi connectivity index (χ3v) is 4.29. The highest BCUT2D eigenvalue weighted by atomic mass is 16.7. The van der Waals surface area contributed by atoms with Gasteiger partial charge < -0.3 is 19.1 Å². The molecule has 1 amide bonds. The molecule has 3 heterocycles. The Morgan fingerprint density at radius 3 is 2.85 bits per heavy atom. The zero-order valence-corrected chi connectivity index (χ0v) is 11.2. The van der Waals surface area contributed by atoms with E-state index in [0.717, 1.165) is 42.9 Å². The minimum absolute atomic E-state index is 0.136. The zero-order valence-electron chi connectivity index (χ0n) is 11.2. The third-order valence-electron chi connectivity index (χ3n) is 4.29. The maximum atomic E-state index is 12.4. The standard InChI is InChI=1S/C15H17NO4/c17-15(13-5-7-18-13)16-6-1-2-11(16)10-3-4-12-14(8-10)20-9-19-12/h3-4,8,11,13H,1-2,5-7,9H2. The number of hydrogen-bond acceptors (Lipinski definition) is 4. The lowest BCUT2D eigenvalue weighted by atomic mass is 10.0. The zero-order chi connectivity index (χ0) is 13.5. The van der Waals surface area contributed by atoms with Crippen molar-refractivity contribution < 1.29 is 19.0 Å². The first-order chi connectivity index (χ1) is 9.83. The van der Waals surface area contributed by atoms with E-state index in [0.29, 0.717) is 6.61 Å². The van der Waals surface area contributed by atoms with Gasteiger partial charge in [-0.05, 0) is 30.5 Å². The Balaban J connectivity index is 1.58. The molecule has 0 N–H and O–H groups in total. The van der Waals surface area contributed by atoms with E-state index in [2.05, 4.69) is 0 Å². The Morgan fingerprint density at radius 2 is 2.05 bits per heavy atom. The molecule has 106 valence electrons. The number of ether oxygens (including phenoxy) is 3. The molecule has 0 aliphatic carbocycles. The van der Waals surface area contributed by atoms with Crippen molar-refractivity contribution in [3.63, 3.8) is 0 Å². The first kappa shape index (κ1) is 12.0. The summed E-state index contributed by atoms with van der Waals surface area (Å²) in [5.74, 6) is 1.70. The minimum Gasteiger partial charge on any atom is -0.454 e. The number of hydrogen-bond donors (Lipinski definition) is 0. The van der Waals surface area contributed by atoms with Crippen molar-refractivity contribution in [2.24, 2.45) is 0 Å². The molecule has 3 aliphatic rings. The highest BCUT2D eigenvalue weighted by Gasteiger charge is 2.37. The average molecular weight is 275 g/mol. The molecule has 1 aromatic rings. The summed E-state index contributed by atoms with van der Waals surface area (Å²) in [5.41, 5.74) is 1.12. The summed E-state index contributed by atoms with van der Waals surface area (Å²) in [5, 5.41) is 0. The molecule has 20 heavy (non-hydrogen) atoms. The predicted molar refractivity (Wildman–Crippen MR) is 70.6 cm³/mol. The van der Waals surface area contributed by atoms with Crippen LogP contribution in [0.25, 0.3) is 0 Å². The van der Waals surface area contributed by atoms with E-state index in [1.807, 2.05) is 23.1 Å². The molecule has 2 fully saturated rings. The summed E-state index contributed by atoms with van der Waals surface area (Å²) in [4.78, 5) is 14.3. The van der Waals surface area contributed by atoms with Gasteiger partial charge in [0.2, 0.25) is 6.79 Å². The molecular formula is C15H17NO4. The number of likely N-dealkylation sites (tertiary alicyclic amines) is 1. The lowest BCUT2D eigenvalue weighted by Gasteiger charge is -2.33. The Kier molecular flexibility index (Phi) is 2.80. The van der Waals surface area contributed by atoms with Gasteiger partial charge in [-0.2, -0.15) is 0 Å². The van der Waals surface area contributed by atoms with Crippen LogP contribution in [0.2, 0.25) is 0 Å². The Labute approximate surface area is 117 Å². The second-order valence-electron chi connectivity index (χ2n) is 5.45. The van der Waals surface area contributed by atoms with Crippen molar-refractivity contribution in [3.8, 4) is 11.5 Å². The molecule has 5 heteroatoms. The van der Waals surface area contributed by atoms with Gasteiger partial charge in [0.1, 0.15) is 6.10 Å². The molecule has 2 unspecified atom stereocenters. The molecule has 4 rings (SSSR count). The molecule has 0 bridgehead atoms. The van der Waals surface area contributed by atoms with Crippen LogP contribution in [-0.4, -0.2) is 36.9 Å². The van der Waals surface area contributed by atoms with Crippen LogP contribution >= 0.6 is 0 Å². The van der Waals surface area contributed by atoms with Crippen LogP contribution in [0, 0.1) is 0 Å². The van der Waals surface area contributed by atoms with E-state index in [-0.39, 0.29) is 24.8 Å². The van der Waals surface area contributed by atoms with Gasteiger partial charge in [0.05, 0.1) is 12.6 Å². The Morgan fingerprint density at radius 1 is 1.20 bits per heavy atom. The SMILES string of the molecule is O=C(C1CCO1)N1CCCC1c1ccc2c(c1)OCO2. The summed E-state index contributed by atoms with van der Waals surface area (Å²) < 4.78 is 16.1. The van der Waals surface area contributed by atoms with E-state index in [9.17, 15) is 4.79 Å². The van der Waals surface area contributed by atoms with E-state index < -0.39 is 0 Å². The smallest absolute Gasteiger partial charge is 0.252 e. The number of amides is 1. The van der Waals surface area contributed by atoms with Crippen molar-refractivity contribution in [2.45, 2.75) is 31.4 Å². The van der Waals surface area contributed by atoms with E-state index >= 15 is 0 Å². The van der Waals surface area contributed by atoms with Gasteiger partial charge in [-0.1, -0.05) is 6.07 Å². The van der Waals surface area contributed by atoms with Crippen molar-refractivity contribution in [1.29, 1.82) is 0 Å². The lowest BCUT2D eigenvalue weighted by Crippen LogP contribution is -2.45. The maximum Gasteiger partial charge on any atom is 0.252 e. The quantitative estimate of drug-likeness (QED) is 0.826. The van der Waals surface area contributed by atoms with Crippen molar-refractivity contribution >= 4 is 5.91 Å². The summed E-state index contributed by atoms with van der Waals surface area (Å²) in [7, 11) is 0. The minimum atomic E-state index is -0.218. The normalized spacial score (nSPS) is 27.5. The monoisotopic (exact) mass is 275 g/mol. The predicted octanol–water partition coefficient (Wildman–Crippen LogP) is 1.87. The third kappa shape index (κ3) is 1.85. The molecule has 0 saturated carbocycles. The van der Waals surface area contributed by atoms with Crippen LogP contribution in [0.1, 0.15) is 30.9 Å². The topological polar surface area (TPSA) is 48.0 Å². The highest BCUT2D eigenvalue weighted by Crippen LogP contribution is 2.39. The molecule has 0 radical (unpaired) electrons. The highest BCUT2D eigenvalue weighted by molar-refractivity contribution is 5.82. The van der Waals surface area contributed by atoms with E-state index in [1.54, 1.807) is 0 Å². The van der Waals surface area contributed by atoms with Gasteiger partial charge >= 0.3 is 0 Å². The fraction of sp³-hybridized carbons (Fsp3) is 0.533. The van der Waals surface area contributed by atoms with Crippen LogP contribution in [0.15, 0.2) is 18.2 Å². The summed E-state index contributed by atoms with van der Waals surface area (Å²) >= 11 is 0. The molecular weight excluding hydrogens is 258 g/mol. The number of benzene rings is 1. The maximum absolute atomic E-state index is 12.4. The van der Waals surface area contributed by atoms with Gasteiger partial charge in [0.25, 0.3) is 5.91 Å². The van der Waals surface area contributed by atoms with Crippen molar-refractivity contribution in [1.82, 2.24) is 4.90 Å². The number of rotatable bonds is 2. The first-order valence-electron chi connectivity index (χ1n) is 7.14. The Bertz CT molecular complexity index is 541. The number of carbonyl (C=O) groups excluding carboxylic acids is 1. The molecule has 5 nitrogen and oxygen atoms in total. The average Bonchev–Trinajstić information content (AvgIpc) is 3.04. The molecule has 0 spiro atoms.